The Balaban J connectivity index is 3.09. The van der Waals surface area contributed by atoms with Gasteiger partial charge < -0.3 is 0 Å². The van der Waals surface area contributed by atoms with Gasteiger partial charge in [0.2, 0.25) is 0 Å². The molecule has 0 fully saturated rings. The summed E-state index contributed by atoms with van der Waals surface area (Å²) in [6, 6.07) is 1.84. The van der Waals surface area contributed by atoms with E-state index < -0.39 is 11.7 Å². The average molecular weight is 270 g/mol. The minimum atomic E-state index is -4.39. The first-order valence-electron chi connectivity index (χ1n) is 4.52. The first-order chi connectivity index (χ1) is 7.08. The third-order valence-corrected chi connectivity index (χ3v) is 2.73. The molecule has 0 aliphatic rings. The Bertz CT molecular complexity index is 385. The van der Waals surface area contributed by atoms with Crippen molar-refractivity contribution in [3.05, 3.63) is 22.8 Å². The largest absolute Gasteiger partial charge is 0.416 e. The molecule has 0 spiro atoms. The van der Waals surface area contributed by atoms with Crippen molar-refractivity contribution < 1.29 is 13.2 Å². The molecule has 0 saturated carbocycles. The third kappa shape index (κ3) is 4.22. The molecule has 0 aliphatic carbocycles. The fourth-order valence-corrected chi connectivity index (χ4v) is 2.22. The summed E-state index contributed by atoms with van der Waals surface area (Å²) in [6.07, 6.45) is -4.39. The molecule has 0 aromatic carbocycles. The van der Waals surface area contributed by atoms with Crippen molar-refractivity contribution in [3.63, 3.8) is 0 Å². The van der Waals surface area contributed by atoms with E-state index in [2.05, 4.69) is 4.98 Å². The second-order valence-corrected chi connectivity index (χ2v) is 6.46. The van der Waals surface area contributed by atoms with Crippen LogP contribution < -0.4 is 0 Å². The maximum absolute atomic E-state index is 12.5. The molecule has 0 unspecified atom stereocenters. The Labute approximate surface area is 101 Å². The van der Waals surface area contributed by atoms with Crippen molar-refractivity contribution in [2.75, 3.05) is 0 Å². The van der Waals surface area contributed by atoms with Crippen molar-refractivity contribution in [2.45, 2.75) is 36.7 Å². The van der Waals surface area contributed by atoms with Crippen molar-refractivity contribution in [1.29, 1.82) is 0 Å². The van der Waals surface area contributed by atoms with Gasteiger partial charge in [-0.25, -0.2) is 4.98 Å². The van der Waals surface area contributed by atoms with E-state index in [-0.39, 0.29) is 14.9 Å². The van der Waals surface area contributed by atoms with Gasteiger partial charge in [0.15, 0.2) is 0 Å². The monoisotopic (exact) mass is 269 g/mol. The zero-order valence-corrected chi connectivity index (χ0v) is 10.6. The van der Waals surface area contributed by atoms with Crippen molar-refractivity contribution in [2.24, 2.45) is 0 Å². The number of halogens is 4. The first kappa shape index (κ1) is 13.6. The number of hydrogen-bond donors (Lipinski definition) is 0. The minimum absolute atomic E-state index is 0.137. The maximum Gasteiger partial charge on any atom is 0.416 e. The predicted octanol–water partition coefficient (Wildman–Crippen LogP) is 4.64. The van der Waals surface area contributed by atoms with Crippen LogP contribution in [0, 0.1) is 0 Å². The van der Waals surface area contributed by atoms with E-state index in [4.69, 9.17) is 11.6 Å². The average Bonchev–Trinajstić information content (AvgIpc) is 1.97. The van der Waals surface area contributed by atoms with Crippen LogP contribution in [0.1, 0.15) is 26.3 Å². The number of rotatable bonds is 1. The lowest BCUT2D eigenvalue weighted by atomic mass is 10.2. The Morgan fingerprint density at radius 2 is 1.75 bits per heavy atom. The number of nitrogens with zero attached hydrogens (tertiary/aromatic N) is 1. The standard InChI is InChI=1S/C10H11ClF3NS/c1-9(2,3)16-8-5-6(10(12,13)14)4-7(11)15-8/h4-5H,1-3H3. The van der Waals surface area contributed by atoms with Crippen LogP contribution in [0.2, 0.25) is 5.15 Å². The van der Waals surface area contributed by atoms with E-state index in [1.807, 2.05) is 20.8 Å². The van der Waals surface area contributed by atoms with Crippen LogP contribution in [0.3, 0.4) is 0 Å². The van der Waals surface area contributed by atoms with Crippen molar-refractivity contribution in [3.8, 4) is 0 Å². The van der Waals surface area contributed by atoms with Gasteiger partial charge in [0.05, 0.1) is 10.6 Å². The van der Waals surface area contributed by atoms with Crippen LogP contribution in [0.5, 0.6) is 0 Å². The molecule has 0 saturated heterocycles. The Hall–Kier alpha value is -0.420. The summed E-state index contributed by atoms with van der Waals surface area (Å²) in [5, 5.41) is 0.147. The molecular weight excluding hydrogens is 259 g/mol. The van der Waals surface area contributed by atoms with Gasteiger partial charge in [0.25, 0.3) is 0 Å². The second kappa shape index (κ2) is 4.45. The Morgan fingerprint density at radius 1 is 1.19 bits per heavy atom. The highest BCUT2D eigenvalue weighted by molar-refractivity contribution is 8.00. The van der Waals surface area contributed by atoms with Crippen LogP contribution in [-0.2, 0) is 6.18 Å². The van der Waals surface area contributed by atoms with Gasteiger partial charge in [0.1, 0.15) is 5.15 Å². The summed E-state index contributed by atoms with van der Waals surface area (Å²) in [7, 11) is 0. The van der Waals surface area contributed by atoms with Gasteiger partial charge in [-0.3, -0.25) is 0 Å². The van der Waals surface area contributed by atoms with E-state index >= 15 is 0 Å². The van der Waals surface area contributed by atoms with E-state index in [0.717, 1.165) is 12.1 Å². The molecule has 1 nitrogen and oxygen atoms in total. The van der Waals surface area contributed by atoms with Crippen LogP contribution in [-0.4, -0.2) is 9.73 Å². The fraction of sp³-hybridized carbons (Fsp3) is 0.500. The molecule has 1 rings (SSSR count). The summed E-state index contributed by atoms with van der Waals surface area (Å²) >= 11 is 6.81. The summed E-state index contributed by atoms with van der Waals surface area (Å²) in [6.45, 7) is 5.69. The molecule has 1 heterocycles. The van der Waals surface area contributed by atoms with Gasteiger partial charge in [-0.15, -0.1) is 11.8 Å². The molecule has 1 aromatic rings. The zero-order chi connectivity index (χ0) is 12.6. The molecule has 6 heteroatoms. The lowest BCUT2D eigenvalue weighted by molar-refractivity contribution is -0.137. The number of aromatic nitrogens is 1. The maximum atomic E-state index is 12.5. The molecular formula is C10H11ClF3NS. The van der Waals surface area contributed by atoms with Gasteiger partial charge in [0, 0.05) is 4.75 Å². The van der Waals surface area contributed by atoms with Crippen molar-refractivity contribution >= 4 is 23.4 Å². The van der Waals surface area contributed by atoms with Gasteiger partial charge >= 0.3 is 6.18 Å². The van der Waals surface area contributed by atoms with Crippen molar-refractivity contribution in [1.82, 2.24) is 4.98 Å². The topological polar surface area (TPSA) is 12.9 Å². The molecule has 90 valence electrons. The molecule has 0 N–H and O–H groups in total. The number of pyridine rings is 1. The van der Waals surface area contributed by atoms with Gasteiger partial charge in [-0.05, 0) is 12.1 Å². The Morgan fingerprint density at radius 3 is 2.19 bits per heavy atom. The molecule has 0 radical (unpaired) electrons. The van der Waals surface area contributed by atoms with E-state index in [1.54, 1.807) is 0 Å². The first-order valence-corrected chi connectivity index (χ1v) is 5.71. The fourth-order valence-electron chi connectivity index (χ4n) is 1.00. The number of thioether (sulfide) groups is 1. The summed E-state index contributed by atoms with van der Waals surface area (Å²) in [5.41, 5.74) is -0.765. The van der Waals surface area contributed by atoms with Crippen LogP contribution >= 0.6 is 23.4 Å². The SMILES string of the molecule is CC(C)(C)Sc1cc(C(F)(F)F)cc(Cl)n1. The molecule has 0 amide bonds. The predicted molar refractivity (Wildman–Crippen MR) is 59.9 cm³/mol. The summed E-state index contributed by atoms with van der Waals surface area (Å²) in [5.74, 6) is 0. The number of hydrogen-bond acceptors (Lipinski definition) is 2. The molecule has 0 aliphatic heterocycles. The van der Waals surface area contributed by atoms with Crippen LogP contribution in [0.4, 0.5) is 13.2 Å². The second-order valence-electron chi connectivity index (χ2n) is 4.23. The summed E-state index contributed by atoms with van der Waals surface area (Å²) < 4.78 is 37.2. The smallest absolute Gasteiger partial charge is 0.230 e. The van der Waals surface area contributed by atoms with Crippen LogP contribution in [0.15, 0.2) is 17.2 Å². The van der Waals surface area contributed by atoms with E-state index in [9.17, 15) is 13.2 Å². The Kier molecular flexibility index (Phi) is 3.80. The molecule has 0 bridgehead atoms. The van der Waals surface area contributed by atoms with Crippen LogP contribution in [0.25, 0.3) is 0 Å². The van der Waals surface area contributed by atoms with Gasteiger partial charge in [-0.1, -0.05) is 32.4 Å². The highest BCUT2D eigenvalue weighted by atomic mass is 35.5. The minimum Gasteiger partial charge on any atom is -0.230 e. The van der Waals surface area contributed by atoms with E-state index in [1.165, 1.54) is 11.8 Å². The number of alkyl halides is 3. The zero-order valence-electron chi connectivity index (χ0n) is 9.02. The summed E-state index contributed by atoms with van der Waals surface area (Å²) in [4.78, 5) is 3.86. The quantitative estimate of drug-likeness (QED) is 0.544. The highest BCUT2D eigenvalue weighted by Crippen LogP contribution is 2.36. The lowest BCUT2D eigenvalue weighted by Gasteiger charge is -2.17. The van der Waals surface area contributed by atoms with E-state index in [0.29, 0.717) is 0 Å². The lowest BCUT2D eigenvalue weighted by Crippen LogP contribution is -2.09. The highest BCUT2D eigenvalue weighted by Gasteiger charge is 2.32. The third-order valence-electron chi connectivity index (χ3n) is 1.51. The molecule has 0 atom stereocenters. The molecule has 16 heavy (non-hydrogen) atoms. The molecule has 1 aromatic heterocycles. The van der Waals surface area contributed by atoms with Gasteiger partial charge in [-0.2, -0.15) is 13.2 Å². The normalized spacial score (nSPS) is 12.9.